The number of anilines is 2. The fraction of sp³-hybridized carbons (Fsp3) is 0.300. The van der Waals surface area contributed by atoms with Gasteiger partial charge in [-0.05, 0) is 61.4 Å². The molecule has 0 bridgehead atoms. The summed E-state index contributed by atoms with van der Waals surface area (Å²) in [6, 6.07) is 20.9. The maximum Gasteiger partial charge on any atom is 0.230 e. The minimum Gasteiger partial charge on any atom is -0.309 e. The number of unbranched alkanes of at least 4 members (excludes halogenated alkanes) is 1. The Balaban J connectivity index is 1.15. The van der Waals surface area contributed by atoms with Crippen LogP contribution in [0.3, 0.4) is 0 Å². The van der Waals surface area contributed by atoms with Crippen molar-refractivity contribution in [3.05, 3.63) is 94.1 Å². The van der Waals surface area contributed by atoms with Crippen molar-refractivity contribution in [3.8, 4) is 0 Å². The monoisotopic (exact) mass is 556 g/mol. The zero-order valence-corrected chi connectivity index (χ0v) is 23.2. The van der Waals surface area contributed by atoms with Gasteiger partial charge in [0.25, 0.3) is 0 Å². The van der Waals surface area contributed by atoms with Crippen LogP contribution < -0.4 is 10.6 Å². The number of aromatic nitrogens is 4. The summed E-state index contributed by atoms with van der Waals surface area (Å²) in [6.45, 7) is 1.58. The number of aryl methyl sites for hydroxylation is 3. The van der Waals surface area contributed by atoms with E-state index in [1.54, 1.807) is 13.0 Å². The Labute approximate surface area is 237 Å². The zero-order chi connectivity index (χ0) is 28.2. The molecule has 9 nitrogen and oxygen atoms in total. The summed E-state index contributed by atoms with van der Waals surface area (Å²) >= 11 is 1.38. The summed E-state index contributed by atoms with van der Waals surface area (Å²) in [4.78, 5) is 35.9. The van der Waals surface area contributed by atoms with E-state index in [-0.39, 0.29) is 24.0 Å². The van der Waals surface area contributed by atoms with Crippen molar-refractivity contribution in [1.82, 2.24) is 20.4 Å². The normalized spacial score (nSPS) is 10.7. The molecule has 4 rings (SSSR count). The van der Waals surface area contributed by atoms with Crippen LogP contribution in [0.15, 0.2) is 66.7 Å². The Morgan fingerprint density at radius 1 is 0.700 bits per heavy atom. The molecule has 2 aromatic heterocycles. The molecule has 2 amide bonds. The highest BCUT2D eigenvalue weighted by Crippen LogP contribution is 2.18. The lowest BCUT2D eigenvalue weighted by atomic mass is 10.0. The predicted octanol–water partition coefficient (Wildman–Crippen LogP) is 4.78. The summed E-state index contributed by atoms with van der Waals surface area (Å²) in [5, 5.41) is 23.6. The third-order valence-corrected chi connectivity index (χ3v) is 7.00. The lowest BCUT2D eigenvalue weighted by molar-refractivity contribution is -0.117. The quantitative estimate of drug-likeness (QED) is 0.214. The van der Waals surface area contributed by atoms with Crippen LogP contribution in [0.2, 0.25) is 0 Å². The Kier molecular flexibility index (Phi) is 10.6. The van der Waals surface area contributed by atoms with Gasteiger partial charge in [0.2, 0.25) is 16.9 Å². The maximum absolute atomic E-state index is 12.5. The molecule has 0 saturated heterocycles. The van der Waals surface area contributed by atoms with Crippen molar-refractivity contribution in [2.45, 2.75) is 58.3 Å². The van der Waals surface area contributed by atoms with Crippen molar-refractivity contribution in [2.24, 2.45) is 0 Å². The fourth-order valence-corrected chi connectivity index (χ4v) is 4.88. The van der Waals surface area contributed by atoms with E-state index in [0.29, 0.717) is 30.2 Å². The molecule has 2 aromatic carbocycles. The number of ketones is 1. The topological polar surface area (TPSA) is 127 Å². The fourth-order valence-electron chi connectivity index (χ4n) is 4.08. The lowest BCUT2D eigenvalue weighted by Gasteiger charge is -2.05. The number of hydrogen-bond donors (Lipinski definition) is 2. The second-order valence-electron chi connectivity index (χ2n) is 9.58. The van der Waals surface area contributed by atoms with Crippen LogP contribution in [0.1, 0.15) is 53.6 Å². The second kappa shape index (κ2) is 14.7. The molecule has 0 unspecified atom stereocenters. The molecule has 206 valence electrons. The number of benzene rings is 2. The lowest BCUT2D eigenvalue weighted by Crippen LogP contribution is -2.15. The van der Waals surface area contributed by atoms with Crippen molar-refractivity contribution in [1.29, 1.82) is 0 Å². The number of amides is 2. The third kappa shape index (κ3) is 9.77. The van der Waals surface area contributed by atoms with Crippen molar-refractivity contribution in [2.75, 3.05) is 10.6 Å². The molecule has 0 radical (unpaired) electrons. The first kappa shape index (κ1) is 28.7. The van der Waals surface area contributed by atoms with E-state index in [2.05, 4.69) is 31.0 Å². The first-order valence-electron chi connectivity index (χ1n) is 13.3. The summed E-state index contributed by atoms with van der Waals surface area (Å²) in [5.74, 6) is 0.314. The Hall–Kier alpha value is -4.31. The molecule has 4 aromatic rings. The highest BCUT2D eigenvalue weighted by Gasteiger charge is 2.10. The van der Waals surface area contributed by atoms with Gasteiger partial charge in [-0.3, -0.25) is 9.59 Å². The number of rotatable bonds is 14. The third-order valence-electron chi connectivity index (χ3n) is 6.10. The van der Waals surface area contributed by atoms with Gasteiger partial charge in [0.15, 0.2) is 5.82 Å². The van der Waals surface area contributed by atoms with Crippen LogP contribution in [0.5, 0.6) is 0 Å². The van der Waals surface area contributed by atoms with Gasteiger partial charge >= 0.3 is 0 Å². The Morgan fingerprint density at radius 3 is 2.20 bits per heavy atom. The summed E-state index contributed by atoms with van der Waals surface area (Å²) in [5.41, 5.74) is 3.75. The Morgan fingerprint density at radius 2 is 1.43 bits per heavy atom. The number of nitrogens with zero attached hydrogens (tertiary/aromatic N) is 4. The Bertz CT molecular complexity index is 1420. The second-order valence-corrected chi connectivity index (χ2v) is 10.6. The van der Waals surface area contributed by atoms with Gasteiger partial charge in [0, 0.05) is 12.8 Å². The van der Waals surface area contributed by atoms with Gasteiger partial charge in [0.05, 0.1) is 18.5 Å². The smallest absolute Gasteiger partial charge is 0.230 e. The van der Waals surface area contributed by atoms with Crippen LogP contribution >= 0.6 is 11.3 Å². The van der Waals surface area contributed by atoms with E-state index in [4.69, 9.17) is 0 Å². The highest BCUT2D eigenvalue weighted by atomic mass is 32.1. The van der Waals surface area contributed by atoms with E-state index in [1.807, 2.05) is 60.7 Å². The van der Waals surface area contributed by atoms with Gasteiger partial charge in [-0.15, -0.1) is 15.3 Å². The number of carbonyl (C=O) groups is 3. The minimum absolute atomic E-state index is 0.129. The molecular weight excluding hydrogens is 524 g/mol. The average molecular weight is 557 g/mol. The molecule has 0 aliphatic heterocycles. The van der Waals surface area contributed by atoms with Gasteiger partial charge in [0.1, 0.15) is 10.8 Å². The molecule has 0 aliphatic rings. The minimum atomic E-state index is -0.148. The molecule has 0 aliphatic carbocycles. The van der Waals surface area contributed by atoms with E-state index in [1.165, 1.54) is 11.3 Å². The van der Waals surface area contributed by atoms with Crippen molar-refractivity contribution in [3.63, 3.8) is 0 Å². The van der Waals surface area contributed by atoms with Gasteiger partial charge < -0.3 is 15.4 Å². The largest absolute Gasteiger partial charge is 0.309 e. The molecule has 2 N–H and O–H groups in total. The first-order valence-corrected chi connectivity index (χ1v) is 14.1. The standard InChI is InChI=1S/C30H32N6O3S/c1-21(37)14-15-23-10-7-11-24(18-23)20-28(39)32-30-36-35-29(40-30)13-6-5-12-25-16-17-26(34-33-25)31-27(38)19-22-8-3-2-4-9-22/h2-4,7-11,16-18H,5-6,12-15,19-20H2,1H3,(H,31,34,38)(H,32,36,39). The average Bonchev–Trinajstić information content (AvgIpc) is 3.38. The zero-order valence-electron chi connectivity index (χ0n) is 22.4. The number of Topliss-reactive ketones (excluding diaryl/α,β-unsaturated/α-hetero) is 1. The van der Waals surface area contributed by atoms with Crippen LogP contribution in [0.25, 0.3) is 0 Å². The molecule has 0 spiro atoms. The summed E-state index contributed by atoms with van der Waals surface area (Å²) in [6.07, 6.45) is 5.01. The highest BCUT2D eigenvalue weighted by molar-refractivity contribution is 7.15. The molecule has 2 heterocycles. The molecule has 10 heteroatoms. The number of carbonyl (C=O) groups excluding carboxylic acids is 3. The van der Waals surface area contributed by atoms with Gasteiger partial charge in [-0.2, -0.15) is 5.10 Å². The van der Waals surface area contributed by atoms with Crippen LogP contribution in [-0.2, 0) is 46.5 Å². The number of hydrogen-bond acceptors (Lipinski definition) is 8. The summed E-state index contributed by atoms with van der Waals surface area (Å²) < 4.78 is 0. The maximum atomic E-state index is 12.5. The van der Waals surface area contributed by atoms with Crippen LogP contribution in [0.4, 0.5) is 10.9 Å². The first-order chi connectivity index (χ1) is 19.4. The van der Waals surface area contributed by atoms with Crippen LogP contribution in [-0.4, -0.2) is 38.0 Å². The van der Waals surface area contributed by atoms with Crippen LogP contribution in [0, 0.1) is 0 Å². The van der Waals surface area contributed by atoms with E-state index in [0.717, 1.165) is 53.1 Å². The number of nitrogens with one attached hydrogen (secondary N) is 2. The molecule has 0 atom stereocenters. The molecule has 0 fully saturated rings. The van der Waals surface area contributed by atoms with Crippen molar-refractivity contribution < 1.29 is 14.4 Å². The SMILES string of the molecule is CC(=O)CCc1cccc(CC(=O)Nc2nnc(CCCCc3ccc(NC(=O)Cc4ccccc4)nn3)s2)c1. The van der Waals surface area contributed by atoms with Gasteiger partial charge in [-0.25, -0.2) is 0 Å². The molecular formula is C30H32N6O3S. The summed E-state index contributed by atoms with van der Waals surface area (Å²) in [7, 11) is 0. The van der Waals surface area contributed by atoms with E-state index in [9.17, 15) is 14.4 Å². The van der Waals surface area contributed by atoms with Gasteiger partial charge in [-0.1, -0.05) is 65.9 Å². The van der Waals surface area contributed by atoms with E-state index >= 15 is 0 Å². The molecule has 40 heavy (non-hydrogen) atoms. The van der Waals surface area contributed by atoms with E-state index < -0.39 is 0 Å². The van der Waals surface area contributed by atoms with Crippen molar-refractivity contribution >= 4 is 39.9 Å². The predicted molar refractivity (Wildman–Crippen MR) is 155 cm³/mol. The molecule has 0 saturated carbocycles.